The van der Waals surface area contributed by atoms with Crippen LogP contribution in [0.2, 0.25) is 0 Å². The Labute approximate surface area is 179 Å². The Kier molecular flexibility index (Phi) is 6.80. The van der Waals surface area contributed by atoms with Crippen molar-refractivity contribution in [3.63, 3.8) is 0 Å². The van der Waals surface area contributed by atoms with Gasteiger partial charge in [0.1, 0.15) is 11.6 Å². The van der Waals surface area contributed by atoms with E-state index in [0.29, 0.717) is 19.6 Å². The smallest absolute Gasteiger partial charge is 0.225 e. The lowest BCUT2D eigenvalue weighted by atomic mass is 9.96. The predicted octanol–water partition coefficient (Wildman–Crippen LogP) is 4.83. The number of carbonyl (C=O) groups excluding carboxylic acids is 1. The van der Waals surface area contributed by atoms with Crippen molar-refractivity contribution in [3.05, 3.63) is 59.4 Å². The summed E-state index contributed by atoms with van der Waals surface area (Å²) in [6, 6.07) is 14.4. The molecule has 0 saturated heterocycles. The SMILES string of the molecule is Cc1ccc(OCCCn2c(CCNC(=O)C(C)(C)C)nc3ccccc32)c(C)c1. The highest BCUT2D eigenvalue weighted by molar-refractivity contribution is 5.81. The van der Waals surface area contributed by atoms with Crippen molar-refractivity contribution in [3.8, 4) is 5.75 Å². The van der Waals surface area contributed by atoms with Crippen LogP contribution >= 0.6 is 0 Å². The lowest BCUT2D eigenvalue weighted by Crippen LogP contribution is -2.36. The van der Waals surface area contributed by atoms with Crippen molar-refractivity contribution < 1.29 is 9.53 Å². The summed E-state index contributed by atoms with van der Waals surface area (Å²) in [4.78, 5) is 17.0. The van der Waals surface area contributed by atoms with E-state index in [1.54, 1.807) is 0 Å². The van der Waals surface area contributed by atoms with Gasteiger partial charge in [0.25, 0.3) is 0 Å². The molecular formula is C25H33N3O2. The third-order valence-corrected chi connectivity index (χ3v) is 5.16. The van der Waals surface area contributed by atoms with Crippen molar-refractivity contribution in [2.24, 2.45) is 5.41 Å². The van der Waals surface area contributed by atoms with Crippen LogP contribution in [0.15, 0.2) is 42.5 Å². The summed E-state index contributed by atoms with van der Waals surface area (Å²) in [7, 11) is 0. The zero-order chi connectivity index (χ0) is 21.7. The van der Waals surface area contributed by atoms with Crippen LogP contribution < -0.4 is 10.1 Å². The quantitative estimate of drug-likeness (QED) is 0.544. The summed E-state index contributed by atoms with van der Waals surface area (Å²) in [5.74, 6) is 2.00. The van der Waals surface area contributed by atoms with Crippen LogP contribution in [0.3, 0.4) is 0 Å². The molecule has 1 aromatic heterocycles. The minimum atomic E-state index is -0.383. The molecule has 0 unspecified atom stereocenters. The van der Waals surface area contributed by atoms with Crippen molar-refractivity contribution in [1.82, 2.24) is 14.9 Å². The van der Waals surface area contributed by atoms with Crippen LogP contribution in [0.4, 0.5) is 0 Å². The maximum Gasteiger partial charge on any atom is 0.225 e. The second-order valence-electron chi connectivity index (χ2n) is 8.90. The highest BCUT2D eigenvalue weighted by Gasteiger charge is 2.20. The number of aromatic nitrogens is 2. The zero-order valence-electron chi connectivity index (χ0n) is 18.8. The molecule has 1 amide bonds. The summed E-state index contributed by atoms with van der Waals surface area (Å²) in [5, 5.41) is 3.03. The van der Waals surface area contributed by atoms with E-state index in [2.05, 4.69) is 41.9 Å². The number of hydrogen-bond donors (Lipinski definition) is 1. The van der Waals surface area contributed by atoms with E-state index < -0.39 is 0 Å². The summed E-state index contributed by atoms with van der Waals surface area (Å²) >= 11 is 0. The minimum absolute atomic E-state index is 0.0621. The lowest BCUT2D eigenvalue weighted by molar-refractivity contribution is -0.128. The van der Waals surface area contributed by atoms with E-state index in [4.69, 9.17) is 9.72 Å². The number of hydrogen-bond acceptors (Lipinski definition) is 3. The van der Waals surface area contributed by atoms with E-state index in [1.165, 1.54) is 11.1 Å². The number of benzene rings is 2. The molecule has 5 heteroatoms. The number of para-hydroxylation sites is 2. The maximum absolute atomic E-state index is 12.2. The largest absolute Gasteiger partial charge is 0.493 e. The molecule has 1 heterocycles. The fourth-order valence-corrected chi connectivity index (χ4v) is 3.48. The number of fused-ring (bicyclic) bond motifs is 1. The van der Waals surface area contributed by atoms with E-state index in [1.807, 2.05) is 45.0 Å². The molecule has 0 aliphatic carbocycles. The number of rotatable bonds is 8. The molecule has 5 nitrogen and oxygen atoms in total. The molecule has 0 fully saturated rings. The summed E-state index contributed by atoms with van der Waals surface area (Å²) in [6.07, 6.45) is 1.59. The number of ether oxygens (including phenoxy) is 1. The number of nitrogens with one attached hydrogen (secondary N) is 1. The van der Waals surface area contributed by atoms with Gasteiger partial charge in [-0.05, 0) is 44.0 Å². The van der Waals surface area contributed by atoms with Crippen LogP contribution in [0, 0.1) is 19.3 Å². The van der Waals surface area contributed by atoms with E-state index >= 15 is 0 Å². The van der Waals surface area contributed by atoms with Gasteiger partial charge < -0.3 is 14.6 Å². The van der Waals surface area contributed by atoms with Crippen molar-refractivity contribution in [2.45, 2.75) is 54.0 Å². The van der Waals surface area contributed by atoms with Crippen LogP contribution in [-0.4, -0.2) is 28.6 Å². The second-order valence-corrected chi connectivity index (χ2v) is 8.90. The Morgan fingerprint density at radius 3 is 2.63 bits per heavy atom. The summed E-state index contributed by atoms with van der Waals surface area (Å²) < 4.78 is 8.26. The van der Waals surface area contributed by atoms with Crippen LogP contribution in [0.25, 0.3) is 11.0 Å². The first kappa shape index (κ1) is 21.9. The summed E-state index contributed by atoms with van der Waals surface area (Å²) in [6.45, 7) is 12.0. The third kappa shape index (κ3) is 5.41. The molecule has 0 aliphatic heterocycles. The molecule has 0 spiro atoms. The van der Waals surface area contributed by atoms with Crippen LogP contribution in [0.5, 0.6) is 5.75 Å². The maximum atomic E-state index is 12.2. The van der Waals surface area contributed by atoms with Gasteiger partial charge in [-0.3, -0.25) is 4.79 Å². The van der Waals surface area contributed by atoms with Crippen molar-refractivity contribution in [2.75, 3.05) is 13.2 Å². The highest BCUT2D eigenvalue weighted by atomic mass is 16.5. The first-order chi connectivity index (χ1) is 14.3. The molecule has 0 atom stereocenters. The first-order valence-corrected chi connectivity index (χ1v) is 10.7. The molecule has 2 aromatic carbocycles. The molecule has 160 valence electrons. The topological polar surface area (TPSA) is 56.1 Å². The third-order valence-electron chi connectivity index (χ3n) is 5.16. The van der Waals surface area contributed by atoms with Gasteiger partial charge in [-0.2, -0.15) is 0 Å². The Morgan fingerprint density at radius 1 is 1.13 bits per heavy atom. The molecule has 0 aliphatic rings. The standard InChI is InChI=1S/C25H33N3O2/c1-18-11-12-22(19(2)17-18)30-16-8-15-28-21-10-7-6-9-20(21)27-23(28)13-14-26-24(29)25(3,4)5/h6-7,9-12,17H,8,13-16H2,1-5H3,(H,26,29). The normalized spacial score (nSPS) is 11.6. The molecule has 1 N–H and O–H groups in total. The fourth-order valence-electron chi connectivity index (χ4n) is 3.48. The number of imidazole rings is 1. The zero-order valence-corrected chi connectivity index (χ0v) is 18.8. The van der Waals surface area contributed by atoms with Gasteiger partial charge in [0.05, 0.1) is 17.6 Å². The molecule has 30 heavy (non-hydrogen) atoms. The van der Waals surface area contributed by atoms with Crippen LogP contribution in [0.1, 0.15) is 44.1 Å². The Balaban J connectivity index is 1.63. The van der Waals surface area contributed by atoms with Gasteiger partial charge in [-0.1, -0.05) is 50.6 Å². The predicted molar refractivity (Wildman–Crippen MR) is 122 cm³/mol. The monoisotopic (exact) mass is 407 g/mol. The molecule has 0 radical (unpaired) electrons. The Bertz CT molecular complexity index is 1010. The first-order valence-electron chi connectivity index (χ1n) is 10.7. The molecule has 0 bridgehead atoms. The second kappa shape index (κ2) is 9.33. The number of aryl methyl sites for hydroxylation is 3. The molecule has 3 rings (SSSR count). The van der Waals surface area contributed by atoms with Crippen molar-refractivity contribution >= 4 is 16.9 Å². The van der Waals surface area contributed by atoms with Crippen molar-refractivity contribution in [1.29, 1.82) is 0 Å². The van der Waals surface area contributed by atoms with E-state index in [9.17, 15) is 4.79 Å². The average Bonchev–Trinajstić information content (AvgIpc) is 3.03. The molecule has 3 aromatic rings. The fraction of sp³-hybridized carbons (Fsp3) is 0.440. The average molecular weight is 408 g/mol. The lowest BCUT2D eigenvalue weighted by Gasteiger charge is -2.17. The molecule has 0 saturated carbocycles. The number of carbonyl (C=O) groups is 1. The van der Waals surface area contributed by atoms with Crippen LogP contribution in [-0.2, 0) is 17.8 Å². The van der Waals surface area contributed by atoms with E-state index in [-0.39, 0.29) is 11.3 Å². The minimum Gasteiger partial charge on any atom is -0.493 e. The number of amides is 1. The van der Waals surface area contributed by atoms with Gasteiger partial charge in [-0.15, -0.1) is 0 Å². The van der Waals surface area contributed by atoms with Gasteiger partial charge >= 0.3 is 0 Å². The Morgan fingerprint density at radius 2 is 1.90 bits per heavy atom. The van der Waals surface area contributed by atoms with Gasteiger partial charge in [-0.25, -0.2) is 4.98 Å². The highest BCUT2D eigenvalue weighted by Crippen LogP contribution is 2.20. The van der Waals surface area contributed by atoms with Gasteiger partial charge in [0.15, 0.2) is 0 Å². The van der Waals surface area contributed by atoms with E-state index in [0.717, 1.165) is 35.6 Å². The number of nitrogens with zero attached hydrogens (tertiary/aromatic N) is 2. The Hall–Kier alpha value is -2.82. The summed E-state index contributed by atoms with van der Waals surface area (Å²) in [5.41, 5.74) is 4.14. The molecular weight excluding hydrogens is 374 g/mol. The van der Waals surface area contributed by atoms with Gasteiger partial charge in [0.2, 0.25) is 5.91 Å². The van der Waals surface area contributed by atoms with Gasteiger partial charge in [0, 0.05) is 24.9 Å².